The molecule has 0 aromatic heterocycles. The Balaban J connectivity index is 1.82. The molecule has 1 saturated heterocycles. The number of nitrogens with one attached hydrogen (secondary N) is 2. The van der Waals surface area contributed by atoms with Gasteiger partial charge in [-0.2, -0.15) is 0 Å². The van der Waals surface area contributed by atoms with E-state index in [9.17, 15) is 4.79 Å². The van der Waals surface area contributed by atoms with E-state index >= 15 is 0 Å². The predicted molar refractivity (Wildman–Crippen MR) is 60.8 cm³/mol. The zero-order chi connectivity index (χ0) is 12.3. The first-order valence-electron chi connectivity index (χ1n) is 5.83. The van der Waals surface area contributed by atoms with E-state index in [4.69, 9.17) is 15.7 Å². The Morgan fingerprint density at radius 3 is 2.76 bits per heavy atom. The summed E-state index contributed by atoms with van der Waals surface area (Å²) in [5.74, 6) is 0.349. The Labute approximate surface area is 99.4 Å². The van der Waals surface area contributed by atoms with Crippen LogP contribution in [0.25, 0.3) is 0 Å². The minimum absolute atomic E-state index is 0.0575. The summed E-state index contributed by atoms with van der Waals surface area (Å²) in [7, 11) is 0. The Kier molecular flexibility index (Phi) is 3.68. The van der Waals surface area contributed by atoms with Gasteiger partial charge in [0.05, 0.1) is 18.7 Å². The lowest BCUT2D eigenvalue weighted by Crippen LogP contribution is -2.52. The van der Waals surface area contributed by atoms with Gasteiger partial charge in [0.25, 0.3) is 0 Å². The van der Waals surface area contributed by atoms with E-state index in [2.05, 4.69) is 15.8 Å². The molecule has 0 bridgehead atoms. The van der Waals surface area contributed by atoms with E-state index in [1.54, 1.807) is 0 Å². The quantitative estimate of drug-likeness (QED) is 0.233. The number of carbonyl (C=O) groups excluding carboxylic acids is 1. The first-order chi connectivity index (χ1) is 8.20. The summed E-state index contributed by atoms with van der Waals surface area (Å²) >= 11 is 0. The molecular weight excluding hydrogens is 224 g/mol. The molecule has 5 N–H and O–H groups in total. The first-order valence-corrected chi connectivity index (χ1v) is 5.83. The largest absolute Gasteiger partial charge is 0.409 e. The van der Waals surface area contributed by atoms with Gasteiger partial charge in [0.1, 0.15) is 0 Å². The Hall–Kier alpha value is -1.50. The van der Waals surface area contributed by atoms with E-state index in [1.807, 2.05) is 0 Å². The van der Waals surface area contributed by atoms with Crippen LogP contribution in [0.15, 0.2) is 5.16 Å². The van der Waals surface area contributed by atoms with Crippen LogP contribution in [0.4, 0.5) is 4.79 Å². The number of ether oxygens (including phenoxy) is 1. The molecule has 96 valence electrons. The maximum absolute atomic E-state index is 11.7. The van der Waals surface area contributed by atoms with E-state index in [-0.39, 0.29) is 29.9 Å². The van der Waals surface area contributed by atoms with Crippen molar-refractivity contribution >= 4 is 11.9 Å². The van der Waals surface area contributed by atoms with Crippen molar-refractivity contribution in [2.75, 3.05) is 13.2 Å². The Bertz CT molecular complexity index is 311. The number of nitrogens with two attached hydrogens (primary N) is 1. The molecule has 1 heterocycles. The van der Waals surface area contributed by atoms with Crippen LogP contribution in [-0.2, 0) is 4.74 Å². The molecule has 2 amide bonds. The van der Waals surface area contributed by atoms with Crippen LogP contribution in [-0.4, -0.2) is 42.4 Å². The molecule has 1 aliphatic heterocycles. The lowest BCUT2D eigenvalue weighted by Gasteiger charge is -2.18. The highest BCUT2D eigenvalue weighted by atomic mass is 16.5. The molecule has 17 heavy (non-hydrogen) atoms. The Morgan fingerprint density at radius 1 is 1.47 bits per heavy atom. The van der Waals surface area contributed by atoms with E-state index in [0.29, 0.717) is 13.2 Å². The maximum Gasteiger partial charge on any atom is 0.315 e. The molecule has 2 unspecified atom stereocenters. The average Bonchev–Trinajstić information content (AvgIpc) is 3.04. The normalized spacial score (nSPS) is 26.6. The van der Waals surface area contributed by atoms with E-state index < -0.39 is 0 Å². The second-order valence-electron chi connectivity index (χ2n) is 4.52. The van der Waals surface area contributed by atoms with Gasteiger partial charge in [-0.25, -0.2) is 4.79 Å². The van der Waals surface area contributed by atoms with Crippen molar-refractivity contribution in [3.63, 3.8) is 0 Å². The fraction of sp³-hybridized carbons (Fsp3) is 0.800. The van der Waals surface area contributed by atoms with Gasteiger partial charge in [-0.05, 0) is 25.2 Å². The highest BCUT2D eigenvalue weighted by molar-refractivity contribution is 5.90. The predicted octanol–water partition coefficient (Wildman–Crippen LogP) is -0.401. The summed E-state index contributed by atoms with van der Waals surface area (Å²) < 4.78 is 5.16. The summed E-state index contributed by atoms with van der Waals surface area (Å²) in [4.78, 5) is 11.7. The summed E-state index contributed by atoms with van der Waals surface area (Å²) in [6.07, 6.45) is 2.81. The summed E-state index contributed by atoms with van der Waals surface area (Å²) in [5.41, 5.74) is 5.55. The number of carbonyl (C=O) groups is 1. The first kappa shape index (κ1) is 12.0. The fourth-order valence-electron chi connectivity index (χ4n) is 1.94. The van der Waals surface area contributed by atoms with Crippen LogP contribution in [0, 0.1) is 5.92 Å². The molecular formula is C10H18N4O3. The van der Waals surface area contributed by atoms with Gasteiger partial charge in [-0.15, -0.1) is 0 Å². The van der Waals surface area contributed by atoms with Crippen LogP contribution in [0.3, 0.4) is 0 Å². The average molecular weight is 242 g/mol. The molecule has 1 saturated carbocycles. The smallest absolute Gasteiger partial charge is 0.315 e. The second-order valence-corrected chi connectivity index (χ2v) is 4.52. The molecule has 7 nitrogen and oxygen atoms in total. The van der Waals surface area contributed by atoms with E-state index in [0.717, 1.165) is 19.3 Å². The number of hydrogen-bond donors (Lipinski definition) is 4. The zero-order valence-electron chi connectivity index (χ0n) is 9.56. The minimum atomic E-state index is -0.373. The Morgan fingerprint density at radius 2 is 2.24 bits per heavy atom. The second kappa shape index (κ2) is 5.22. The number of rotatable bonds is 4. The lowest BCUT2D eigenvalue weighted by molar-refractivity contribution is 0.188. The molecule has 2 rings (SSSR count). The lowest BCUT2D eigenvalue weighted by atomic mass is 10.1. The number of urea groups is 1. The SMILES string of the molecule is NC(=NO)C(NC(=O)NC1CCOC1)C1CC1. The van der Waals surface area contributed by atoms with Crippen molar-refractivity contribution in [1.29, 1.82) is 0 Å². The highest BCUT2D eigenvalue weighted by Gasteiger charge is 2.35. The third kappa shape index (κ3) is 3.23. The van der Waals surface area contributed by atoms with Crippen LogP contribution < -0.4 is 16.4 Å². The molecule has 2 aliphatic rings. The van der Waals surface area contributed by atoms with Crippen molar-refractivity contribution in [3.8, 4) is 0 Å². The summed E-state index contributed by atoms with van der Waals surface area (Å²) in [5, 5.41) is 17.2. The number of amidine groups is 1. The standard InChI is InChI=1S/C10H18N4O3/c11-9(14-16)8(6-1-2-6)13-10(15)12-7-3-4-17-5-7/h6-8,16H,1-5H2,(H2,11,14)(H2,12,13,15). The molecule has 0 radical (unpaired) electrons. The van der Waals surface area contributed by atoms with Gasteiger partial charge in [0, 0.05) is 6.61 Å². The number of nitrogens with zero attached hydrogens (tertiary/aromatic N) is 1. The van der Waals surface area contributed by atoms with Crippen LogP contribution in [0.1, 0.15) is 19.3 Å². The maximum atomic E-state index is 11.7. The molecule has 0 aromatic rings. The summed E-state index contributed by atoms with van der Waals surface area (Å²) in [6, 6.07) is -0.603. The molecule has 1 aliphatic carbocycles. The molecule has 0 aromatic carbocycles. The van der Waals surface area contributed by atoms with E-state index in [1.165, 1.54) is 0 Å². The molecule has 2 atom stereocenters. The number of amides is 2. The molecule has 2 fully saturated rings. The third-order valence-electron chi connectivity index (χ3n) is 3.08. The fourth-order valence-corrected chi connectivity index (χ4v) is 1.94. The highest BCUT2D eigenvalue weighted by Crippen LogP contribution is 2.32. The van der Waals surface area contributed by atoms with Gasteiger partial charge >= 0.3 is 6.03 Å². The van der Waals surface area contributed by atoms with Crippen molar-refractivity contribution < 1.29 is 14.7 Å². The third-order valence-corrected chi connectivity index (χ3v) is 3.08. The van der Waals surface area contributed by atoms with Crippen LogP contribution >= 0.6 is 0 Å². The van der Waals surface area contributed by atoms with Crippen molar-refractivity contribution in [2.24, 2.45) is 16.8 Å². The van der Waals surface area contributed by atoms with Crippen molar-refractivity contribution in [2.45, 2.75) is 31.3 Å². The number of hydrogen-bond acceptors (Lipinski definition) is 4. The zero-order valence-corrected chi connectivity index (χ0v) is 9.56. The summed E-state index contributed by atoms with van der Waals surface area (Å²) in [6.45, 7) is 1.22. The monoisotopic (exact) mass is 242 g/mol. The van der Waals surface area contributed by atoms with Crippen LogP contribution in [0.2, 0.25) is 0 Å². The van der Waals surface area contributed by atoms with Gasteiger partial charge in [0.2, 0.25) is 0 Å². The van der Waals surface area contributed by atoms with Crippen LogP contribution in [0.5, 0.6) is 0 Å². The minimum Gasteiger partial charge on any atom is -0.409 e. The van der Waals surface area contributed by atoms with Gasteiger partial charge in [-0.3, -0.25) is 0 Å². The van der Waals surface area contributed by atoms with Crippen molar-refractivity contribution in [1.82, 2.24) is 10.6 Å². The topological polar surface area (TPSA) is 109 Å². The van der Waals surface area contributed by atoms with Crippen molar-refractivity contribution in [3.05, 3.63) is 0 Å². The van der Waals surface area contributed by atoms with Gasteiger partial charge in [0.15, 0.2) is 5.84 Å². The molecule has 7 heteroatoms. The molecule has 0 spiro atoms. The van der Waals surface area contributed by atoms with Gasteiger partial charge in [-0.1, -0.05) is 5.16 Å². The number of oxime groups is 1. The van der Waals surface area contributed by atoms with Gasteiger partial charge < -0.3 is 26.3 Å².